The highest BCUT2D eigenvalue weighted by Gasteiger charge is 2.18. The van der Waals surface area contributed by atoms with Crippen molar-refractivity contribution in [3.8, 4) is 0 Å². The molecule has 1 aromatic rings. The highest BCUT2D eigenvalue weighted by Crippen LogP contribution is 2.01. The Bertz CT molecular complexity index is 376. The molecule has 0 aliphatic heterocycles. The van der Waals surface area contributed by atoms with Gasteiger partial charge in [-0.1, -0.05) is 19.8 Å². The molecule has 1 amide bonds. The minimum absolute atomic E-state index is 0.234. The van der Waals surface area contributed by atoms with Crippen molar-refractivity contribution < 1.29 is 14.7 Å². The fourth-order valence-electron chi connectivity index (χ4n) is 1.58. The first kappa shape index (κ1) is 14.2. The first-order valence-electron chi connectivity index (χ1n) is 6.13. The Hall–Kier alpha value is -1.85. The fourth-order valence-corrected chi connectivity index (χ4v) is 1.58. The Labute approximate surface area is 106 Å². The summed E-state index contributed by atoms with van der Waals surface area (Å²) in [7, 11) is 0. The smallest absolute Gasteiger partial charge is 0.326 e. The quantitative estimate of drug-likeness (QED) is 0.724. The first-order valence-corrected chi connectivity index (χ1v) is 6.13. The number of carboxylic acids is 1. The Morgan fingerprint density at radius 2 is 2.28 bits per heavy atom. The number of nitrogens with one attached hydrogen (secondary N) is 1. The van der Waals surface area contributed by atoms with Crippen LogP contribution < -0.4 is 5.32 Å². The van der Waals surface area contributed by atoms with Gasteiger partial charge in [-0.3, -0.25) is 9.48 Å². The van der Waals surface area contributed by atoms with Crippen LogP contribution in [0.4, 0.5) is 0 Å². The summed E-state index contributed by atoms with van der Waals surface area (Å²) < 4.78 is 1.64. The Balaban J connectivity index is 2.34. The molecule has 0 aliphatic rings. The largest absolute Gasteiger partial charge is 0.480 e. The van der Waals surface area contributed by atoms with Gasteiger partial charge in [-0.15, -0.1) is 0 Å². The summed E-state index contributed by atoms with van der Waals surface area (Å²) in [4.78, 5) is 22.5. The maximum absolute atomic E-state index is 11.6. The van der Waals surface area contributed by atoms with Gasteiger partial charge in [0.15, 0.2) is 0 Å². The van der Waals surface area contributed by atoms with Crippen LogP contribution in [-0.2, 0) is 16.1 Å². The summed E-state index contributed by atoms with van der Waals surface area (Å²) in [5.41, 5.74) is 0. The number of hydrogen-bond donors (Lipinski definition) is 2. The van der Waals surface area contributed by atoms with E-state index in [9.17, 15) is 9.59 Å². The van der Waals surface area contributed by atoms with Gasteiger partial charge in [-0.05, 0) is 12.5 Å². The number of carbonyl (C=O) groups is 2. The van der Waals surface area contributed by atoms with Gasteiger partial charge >= 0.3 is 5.97 Å². The molecule has 6 nitrogen and oxygen atoms in total. The van der Waals surface area contributed by atoms with E-state index >= 15 is 0 Å². The van der Waals surface area contributed by atoms with Gasteiger partial charge in [0.1, 0.15) is 6.04 Å². The second-order valence-electron chi connectivity index (χ2n) is 4.12. The van der Waals surface area contributed by atoms with Gasteiger partial charge in [0.2, 0.25) is 5.91 Å². The lowest BCUT2D eigenvalue weighted by molar-refractivity contribution is -0.142. The molecular weight excluding hydrogens is 234 g/mol. The van der Waals surface area contributed by atoms with Crippen LogP contribution in [0.15, 0.2) is 18.5 Å². The molecule has 0 saturated carbocycles. The number of aryl methyl sites for hydroxylation is 1. The van der Waals surface area contributed by atoms with Crippen LogP contribution in [0.1, 0.15) is 32.6 Å². The monoisotopic (exact) mass is 253 g/mol. The average molecular weight is 253 g/mol. The number of aliphatic carboxylic acids is 1. The Morgan fingerprint density at radius 1 is 1.50 bits per heavy atom. The van der Waals surface area contributed by atoms with Crippen molar-refractivity contribution in [3.05, 3.63) is 18.5 Å². The Morgan fingerprint density at radius 3 is 2.83 bits per heavy atom. The van der Waals surface area contributed by atoms with Crippen LogP contribution in [0.3, 0.4) is 0 Å². The van der Waals surface area contributed by atoms with Crippen molar-refractivity contribution in [2.45, 2.75) is 45.2 Å². The lowest BCUT2D eigenvalue weighted by atomic mass is 10.1. The summed E-state index contributed by atoms with van der Waals surface area (Å²) >= 11 is 0. The van der Waals surface area contributed by atoms with Crippen molar-refractivity contribution in [2.75, 3.05) is 0 Å². The van der Waals surface area contributed by atoms with E-state index in [-0.39, 0.29) is 12.3 Å². The summed E-state index contributed by atoms with van der Waals surface area (Å²) in [6.07, 6.45) is 5.80. The lowest BCUT2D eigenvalue weighted by Crippen LogP contribution is -2.41. The molecule has 0 aromatic carbocycles. The molecule has 6 heteroatoms. The molecule has 0 radical (unpaired) electrons. The van der Waals surface area contributed by atoms with Crippen molar-refractivity contribution in [3.63, 3.8) is 0 Å². The molecule has 1 unspecified atom stereocenters. The molecule has 1 atom stereocenters. The SMILES string of the molecule is CCCCC(NC(=O)CCn1cccn1)C(=O)O. The third kappa shape index (κ3) is 4.99. The summed E-state index contributed by atoms with van der Waals surface area (Å²) in [6.45, 7) is 2.44. The lowest BCUT2D eigenvalue weighted by Gasteiger charge is -2.13. The fraction of sp³-hybridized carbons (Fsp3) is 0.583. The molecule has 2 N–H and O–H groups in total. The predicted molar refractivity (Wildman–Crippen MR) is 65.9 cm³/mol. The van der Waals surface area contributed by atoms with Gasteiger partial charge in [-0.2, -0.15) is 5.10 Å². The zero-order valence-corrected chi connectivity index (χ0v) is 10.5. The molecule has 18 heavy (non-hydrogen) atoms. The normalized spacial score (nSPS) is 12.1. The van der Waals surface area contributed by atoms with Crippen LogP contribution in [0, 0.1) is 0 Å². The van der Waals surface area contributed by atoms with Crippen LogP contribution in [0.2, 0.25) is 0 Å². The van der Waals surface area contributed by atoms with Crippen molar-refractivity contribution >= 4 is 11.9 Å². The van der Waals surface area contributed by atoms with Crippen molar-refractivity contribution in [1.82, 2.24) is 15.1 Å². The van der Waals surface area contributed by atoms with E-state index in [4.69, 9.17) is 5.11 Å². The minimum atomic E-state index is -0.976. The molecule has 0 aliphatic carbocycles. The number of amides is 1. The van der Waals surface area contributed by atoms with Crippen molar-refractivity contribution in [2.24, 2.45) is 0 Å². The molecule has 0 spiro atoms. The molecule has 0 bridgehead atoms. The van der Waals surface area contributed by atoms with Gasteiger partial charge in [-0.25, -0.2) is 4.79 Å². The van der Waals surface area contributed by atoms with E-state index in [1.54, 1.807) is 23.1 Å². The molecule has 0 fully saturated rings. The van der Waals surface area contributed by atoms with Crippen LogP contribution in [-0.4, -0.2) is 32.8 Å². The number of carboxylic acid groups (broad SMARTS) is 1. The third-order valence-electron chi connectivity index (χ3n) is 2.61. The summed E-state index contributed by atoms with van der Waals surface area (Å²) in [6, 6.07) is 0.995. The van der Waals surface area contributed by atoms with E-state index in [1.165, 1.54) is 0 Å². The van der Waals surface area contributed by atoms with E-state index in [1.807, 2.05) is 6.92 Å². The molecule has 0 saturated heterocycles. The Kier molecular flexibility index (Phi) is 5.90. The second kappa shape index (κ2) is 7.47. The first-order chi connectivity index (χ1) is 8.63. The van der Waals surface area contributed by atoms with Crippen LogP contribution >= 0.6 is 0 Å². The van der Waals surface area contributed by atoms with Crippen molar-refractivity contribution in [1.29, 1.82) is 0 Å². The van der Waals surface area contributed by atoms with Crippen LogP contribution in [0.25, 0.3) is 0 Å². The van der Waals surface area contributed by atoms with E-state index in [0.29, 0.717) is 13.0 Å². The van der Waals surface area contributed by atoms with Crippen LogP contribution in [0.5, 0.6) is 0 Å². The van der Waals surface area contributed by atoms with Gasteiger partial charge in [0.05, 0.1) is 0 Å². The summed E-state index contributed by atoms with van der Waals surface area (Å²) in [5, 5.41) is 15.5. The number of rotatable bonds is 8. The molecule has 1 aromatic heterocycles. The summed E-state index contributed by atoms with van der Waals surface area (Å²) in [5.74, 6) is -1.23. The maximum atomic E-state index is 11.6. The number of hydrogen-bond acceptors (Lipinski definition) is 3. The highest BCUT2D eigenvalue weighted by atomic mass is 16.4. The van der Waals surface area contributed by atoms with Gasteiger partial charge in [0.25, 0.3) is 0 Å². The van der Waals surface area contributed by atoms with Gasteiger partial charge < -0.3 is 10.4 Å². The molecule has 100 valence electrons. The minimum Gasteiger partial charge on any atom is -0.480 e. The molecule has 1 rings (SSSR count). The maximum Gasteiger partial charge on any atom is 0.326 e. The second-order valence-corrected chi connectivity index (χ2v) is 4.12. The number of aromatic nitrogens is 2. The zero-order chi connectivity index (χ0) is 13.4. The number of nitrogens with zero attached hydrogens (tertiary/aromatic N) is 2. The average Bonchev–Trinajstić information content (AvgIpc) is 2.84. The number of unbranched alkanes of at least 4 members (excludes halogenated alkanes) is 1. The zero-order valence-electron chi connectivity index (χ0n) is 10.5. The van der Waals surface area contributed by atoms with Gasteiger partial charge in [0, 0.05) is 25.4 Å². The molecular formula is C12H19N3O3. The standard InChI is InChI=1S/C12H19N3O3/c1-2-3-5-10(12(17)18)14-11(16)6-9-15-8-4-7-13-15/h4,7-8,10H,2-3,5-6,9H2,1H3,(H,14,16)(H,17,18). The highest BCUT2D eigenvalue weighted by molar-refractivity contribution is 5.83. The van der Waals surface area contributed by atoms with E-state index < -0.39 is 12.0 Å². The third-order valence-corrected chi connectivity index (χ3v) is 2.61. The molecule has 1 heterocycles. The number of carbonyl (C=O) groups excluding carboxylic acids is 1. The topological polar surface area (TPSA) is 84.2 Å². The van der Waals surface area contributed by atoms with E-state index in [0.717, 1.165) is 12.8 Å². The predicted octanol–water partition coefficient (Wildman–Crippen LogP) is 1.03. The van der Waals surface area contributed by atoms with E-state index in [2.05, 4.69) is 10.4 Å².